The first kappa shape index (κ1) is 16.4. The molecule has 0 bridgehead atoms. The summed E-state index contributed by atoms with van der Waals surface area (Å²) in [7, 11) is 0. The van der Waals surface area contributed by atoms with Gasteiger partial charge >= 0.3 is 0 Å². The van der Waals surface area contributed by atoms with E-state index in [0.717, 1.165) is 11.1 Å². The van der Waals surface area contributed by atoms with Crippen LogP contribution in [0.4, 0.5) is 0 Å². The fourth-order valence-electron chi connectivity index (χ4n) is 2.10. The van der Waals surface area contributed by atoms with Crippen LogP contribution < -0.4 is 0 Å². The number of hydrogen-bond acceptors (Lipinski definition) is 1. The predicted octanol–water partition coefficient (Wildman–Crippen LogP) is 5.83. The third-order valence-corrected chi connectivity index (χ3v) is 4.15. The second-order valence-electron chi connectivity index (χ2n) is 4.70. The third-order valence-electron chi connectivity index (χ3n) is 3.25. The zero-order chi connectivity index (χ0) is 15.2. The lowest BCUT2D eigenvalue weighted by molar-refractivity contribution is 0.266. The van der Waals surface area contributed by atoms with Crippen molar-refractivity contribution in [3.8, 4) is 0 Å². The Morgan fingerprint density at radius 2 is 1.76 bits per heavy atom. The van der Waals surface area contributed by atoms with Gasteiger partial charge in [0, 0.05) is 21.0 Å². The van der Waals surface area contributed by atoms with Crippen molar-refractivity contribution in [2.75, 3.05) is 6.61 Å². The number of allylic oxidation sites excluding steroid dienone is 1. The Morgan fingerprint density at radius 1 is 1.00 bits per heavy atom. The Balaban J connectivity index is 2.11. The second kappa shape index (κ2) is 7.86. The molecule has 0 heterocycles. The summed E-state index contributed by atoms with van der Waals surface area (Å²) in [6.07, 6.45) is 4.62. The van der Waals surface area contributed by atoms with Gasteiger partial charge < -0.3 is 5.11 Å². The van der Waals surface area contributed by atoms with Crippen LogP contribution in [-0.4, -0.2) is 11.7 Å². The Labute approximate surface area is 139 Å². The average molecular weight is 342 g/mol. The van der Waals surface area contributed by atoms with Gasteiger partial charge in [-0.05, 0) is 35.7 Å². The molecule has 0 saturated carbocycles. The molecule has 2 aromatic rings. The Morgan fingerprint density at radius 3 is 2.43 bits per heavy atom. The largest absolute Gasteiger partial charge is 0.396 e. The third kappa shape index (κ3) is 4.49. The van der Waals surface area contributed by atoms with Gasteiger partial charge in [-0.3, -0.25) is 0 Å². The molecule has 1 N–H and O–H groups in total. The van der Waals surface area contributed by atoms with Crippen LogP contribution >= 0.6 is 34.8 Å². The summed E-state index contributed by atoms with van der Waals surface area (Å²) in [4.78, 5) is 0. The van der Waals surface area contributed by atoms with Crippen molar-refractivity contribution in [1.82, 2.24) is 0 Å². The summed E-state index contributed by atoms with van der Waals surface area (Å²) in [5.41, 5.74) is 1.85. The molecule has 0 radical (unpaired) electrons. The molecule has 0 saturated heterocycles. The van der Waals surface area contributed by atoms with E-state index in [1.165, 1.54) is 0 Å². The molecule has 1 unspecified atom stereocenters. The van der Waals surface area contributed by atoms with Gasteiger partial charge in [-0.1, -0.05) is 71.2 Å². The van der Waals surface area contributed by atoms with E-state index >= 15 is 0 Å². The number of benzene rings is 2. The lowest BCUT2D eigenvalue weighted by atomic mass is 9.96. The highest BCUT2D eigenvalue weighted by molar-refractivity contribution is 6.35. The number of aliphatic hydroxyl groups excluding tert-OH is 1. The normalized spacial score (nSPS) is 12.8. The predicted molar refractivity (Wildman–Crippen MR) is 91.4 cm³/mol. The van der Waals surface area contributed by atoms with Crippen LogP contribution in [0.5, 0.6) is 0 Å². The molecule has 0 spiro atoms. The van der Waals surface area contributed by atoms with Gasteiger partial charge in [0.1, 0.15) is 0 Å². The van der Waals surface area contributed by atoms with Crippen LogP contribution in [0.3, 0.4) is 0 Å². The molecule has 110 valence electrons. The Hall–Kier alpha value is -0.990. The second-order valence-corrected chi connectivity index (χ2v) is 5.96. The van der Waals surface area contributed by atoms with E-state index in [9.17, 15) is 5.11 Å². The first-order chi connectivity index (χ1) is 10.1. The van der Waals surface area contributed by atoms with Gasteiger partial charge in [-0.15, -0.1) is 0 Å². The van der Waals surface area contributed by atoms with Gasteiger partial charge in [-0.2, -0.15) is 0 Å². The molecule has 2 rings (SSSR count). The molecule has 0 aliphatic carbocycles. The highest BCUT2D eigenvalue weighted by Gasteiger charge is 2.12. The van der Waals surface area contributed by atoms with Crippen molar-refractivity contribution in [3.05, 3.63) is 74.7 Å². The number of aliphatic hydroxyl groups is 1. The molecular weight excluding hydrogens is 327 g/mol. The number of rotatable bonds is 5. The number of halogens is 3. The molecule has 2 aromatic carbocycles. The minimum atomic E-state index is -0.0616. The summed E-state index contributed by atoms with van der Waals surface area (Å²) < 4.78 is 0. The van der Waals surface area contributed by atoms with Crippen LogP contribution in [0.15, 0.2) is 48.5 Å². The van der Waals surface area contributed by atoms with E-state index in [-0.39, 0.29) is 12.5 Å². The molecule has 1 atom stereocenters. The molecule has 4 heteroatoms. The first-order valence-electron chi connectivity index (χ1n) is 6.58. The molecule has 0 fully saturated rings. The summed E-state index contributed by atoms with van der Waals surface area (Å²) in [6.45, 7) is 0.0220. The average Bonchev–Trinajstić information content (AvgIpc) is 2.46. The minimum absolute atomic E-state index is 0.0220. The molecule has 0 amide bonds. The zero-order valence-electron chi connectivity index (χ0n) is 11.3. The van der Waals surface area contributed by atoms with E-state index in [4.69, 9.17) is 34.8 Å². The van der Waals surface area contributed by atoms with E-state index in [1.807, 2.05) is 42.5 Å². The van der Waals surface area contributed by atoms with Crippen molar-refractivity contribution < 1.29 is 5.11 Å². The highest BCUT2D eigenvalue weighted by atomic mass is 35.5. The Bertz CT molecular complexity index is 638. The monoisotopic (exact) mass is 340 g/mol. The van der Waals surface area contributed by atoms with Crippen molar-refractivity contribution in [2.24, 2.45) is 0 Å². The first-order valence-corrected chi connectivity index (χ1v) is 7.72. The van der Waals surface area contributed by atoms with Gasteiger partial charge in [0.2, 0.25) is 0 Å². The van der Waals surface area contributed by atoms with Crippen molar-refractivity contribution >= 4 is 40.9 Å². The molecule has 1 nitrogen and oxygen atoms in total. The zero-order valence-corrected chi connectivity index (χ0v) is 13.5. The van der Waals surface area contributed by atoms with E-state index < -0.39 is 0 Å². The van der Waals surface area contributed by atoms with E-state index in [2.05, 4.69) is 0 Å². The summed E-state index contributed by atoms with van der Waals surface area (Å²) in [6, 6.07) is 13.0. The Kier molecular flexibility index (Phi) is 6.13. The molecular formula is C17H15Cl3O. The van der Waals surface area contributed by atoms with Crippen LogP contribution in [0.2, 0.25) is 15.1 Å². The molecule has 21 heavy (non-hydrogen) atoms. The summed E-state index contributed by atoms with van der Waals surface area (Å²) in [5, 5.41) is 11.4. The maximum Gasteiger partial charge on any atom is 0.0503 e. The summed E-state index contributed by atoms with van der Waals surface area (Å²) >= 11 is 18.2. The smallest absolute Gasteiger partial charge is 0.0503 e. The van der Waals surface area contributed by atoms with Gasteiger partial charge in [0.25, 0.3) is 0 Å². The quantitative estimate of drug-likeness (QED) is 0.726. The maximum atomic E-state index is 9.57. The molecule has 0 aromatic heterocycles. The molecule has 0 aliphatic heterocycles. The topological polar surface area (TPSA) is 20.2 Å². The standard InChI is InChI=1S/C17H15Cl3O/c18-14-8-9-15(17(20)10-14)13(11-21)6-3-5-12-4-1-2-7-16(12)19/h1-5,7-10,13,21H,6,11H2. The van der Waals surface area contributed by atoms with Crippen LogP contribution in [0.1, 0.15) is 23.5 Å². The minimum Gasteiger partial charge on any atom is -0.396 e. The van der Waals surface area contributed by atoms with Crippen LogP contribution in [0, 0.1) is 0 Å². The maximum absolute atomic E-state index is 9.57. The summed E-state index contributed by atoms with van der Waals surface area (Å²) in [5.74, 6) is -0.0616. The van der Waals surface area contributed by atoms with Crippen LogP contribution in [-0.2, 0) is 0 Å². The van der Waals surface area contributed by atoms with Crippen molar-refractivity contribution in [1.29, 1.82) is 0 Å². The van der Waals surface area contributed by atoms with Crippen LogP contribution in [0.25, 0.3) is 6.08 Å². The number of hydrogen-bond donors (Lipinski definition) is 1. The van der Waals surface area contributed by atoms with Crippen molar-refractivity contribution in [2.45, 2.75) is 12.3 Å². The van der Waals surface area contributed by atoms with Crippen molar-refractivity contribution in [3.63, 3.8) is 0 Å². The lowest BCUT2D eigenvalue weighted by Crippen LogP contribution is -2.03. The van der Waals surface area contributed by atoms with E-state index in [1.54, 1.807) is 12.1 Å². The van der Waals surface area contributed by atoms with E-state index in [0.29, 0.717) is 21.5 Å². The van der Waals surface area contributed by atoms with Gasteiger partial charge in [0.15, 0.2) is 0 Å². The highest BCUT2D eigenvalue weighted by Crippen LogP contribution is 2.30. The van der Waals surface area contributed by atoms with Gasteiger partial charge in [0.05, 0.1) is 6.61 Å². The lowest BCUT2D eigenvalue weighted by Gasteiger charge is -2.14. The fraction of sp³-hybridized carbons (Fsp3) is 0.176. The SMILES string of the molecule is OCC(CC=Cc1ccccc1Cl)c1ccc(Cl)cc1Cl. The van der Waals surface area contributed by atoms with Gasteiger partial charge in [-0.25, -0.2) is 0 Å². The molecule has 0 aliphatic rings. The fourth-order valence-corrected chi connectivity index (χ4v) is 2.86.